The van der Waals surface area contributed by atoms with Gasteiger partial charge >= 0.3 is 0 Å². The maximum atomic E-state index is 2.24. The Morgan fingerprint density at radius 2 is 1.00 bits per heavy atom. The minimum absolute atomic E-state index is 1.30. The first-order valence-corrected chi connectivity index (χ1v) is 7.21. The van der Waals surface area contributed by atoms with Crippen molar-refractivity contribution in [1.29, 1.82) is 0 Å². The van der Waals surface area contributed by atoms with Crippen molar-refractivity contribution in [3.05, 3.63) is 84.4 Å². The third kappa shape index (κ3) is 2.68. The molecule has 3 aromatic carbocycles. The third-order valence-electron chi connectivity index (χ3n) is 3.76. The van der Waals surface area contributed by atoms with Crippen LogP contribution in [0.15, 0.2) is 78.9 Å². The molecule has 0 spiro atoms. The maximum Gasteiger partial charge on any atom is 0.0488 e. The Kier molecular flexibility index (Phi) is 3.74. The van der Waals surface area contributed by atoms with Gasteiger partial charge in [-0.15, -0.1) is 0 Å². The smallest absolute Gasteiger partial charge is 0.0488 e. The predicted molar refractivity (Wildman–Crippen MR) is 91.6 cm³/mol. The molecule has 0 aliphatic rings. The van der Waals surface area contributed by atoms with E-state index in [2.05, 4.69) is 79.2 Å². The van der Waals surface area contributed by atoms with E-state index in [1.807, 2.05) is 18.2 Å². The molecule has 1 aromatic heterocycles. The quantitative estimate of drug-likeness (QED) is 0.408. The summed E-state index contributed by atoms with van der Waals surface area (Å²) < 4.78 is 2.24. The lowest BCUT2D eigenvalue weighted by atomic mass is 10.2. The maximum absolute atomic E-state index is 2.24. The van der Waals surface area contributed by atoms with Gasteiger partial charge in [-0.3, -0.25) is 0 Å². The molecule has 0 unspecified atom stereocenters. The first-order chi connectivity index (χ1) is 10.3. The molecule has 4 rings (SSSR count). The van der Waals surface area contributed by atoms with Gasteiger partial charge in [0.1, 0.15) is 0 Å². The lowest BCUT2D eigenvalue weighted by Gasteiger charge is -1.95. The number of aryl methyl sites for hydroxylation is 2. The van der Waals surface area contributed by atoms with Gasteiger partial charge in [-0.1, -0.05) is 72.3 Å². The average molecular weight is 273 g/mol. The van der Waals surface area contributed by atoms with Gasteiger partial charge < -0.3 is 4.57 Å². The number of hydrogen-bond donors (Lipinski definition) is 0. The minimum atomic E-state index is 1.30. The van der Waals surface area contributed by atoms with Crippen molar-refractivity contribution in [1.82, 2.24) is 4.57 Å². The topological polar surface area (TPSA) is 4.93 Å². The molecular weight excluding hydrogens is 254 g/mol. The lowest BCUT2D eigenvalue weighted by Crippen LogP contribution is -1.84. The van der Waals surface area contributed by atoms with Gasteiger partial charge in [-0.05, 0) is 19.1 Å². The summed E-state index contributed by atoms with van der Waals surface area (Å²) in [5.74, 6) is 0. The number of fused-ring (bicyclic) bond motifs is 3. The van der Waals surface area contributed by atoms with Crippen LogP contribution in [-0.4, -0.2) is 4.57 Å². The Labute approximate surface area is 125 Å². The van der Waals surface area contributed by atoms with E-state index in [1.54, 1.807) is 0 Å². The third-order valence-corrected chi connectivity index (χ3v) is 3.76. The summed E-state index contributed by atoms with van der Waals surface area (Å²) in [7, 11) is 2.12. The van der Waals surface area contributed by atoms with Crippen LogP contribution in [0.4, 0.5) is 0 Å². The molecule has 1 heterocycles. The van der Waals surface area contributed by atoms with Crippen LogP contribution in [0, 0.1) is 6.92 Å². The molecule has 1 nitrogen and oxygen atoms in total. The van der Waals surface area contributed by atoms with Crippen molar-refractivity contribution in [2.45, 2.75) is 6.92 Å². The molecule has 0 amide bonds. The fraction of sp³-hybridized carbons (Fsp3) is 0.100. The number of aromatic nitrogens is 1. The number of nitrogens with zero attached hydrogens (tertiary/aromatic N) is 1. The molecule has 0 fully saturated rings. The van der Waals surface area contributed by atoms with Crippen LogP contribution in [-0.2, 0) is 7.05 Å². The lowest BCUT2D eigenvalue weighted by molar-refractivity contribution is 1.01. The van der Waals surface area contributed by atoms with Gasteiger partial charge in [0.05, 0.1) is 0 Å². The van der Waals surface area contributed by atoms with Gasteiger partial charge in [0.25, 0.3) is 0 Å². The van der Waals surface area contributed by atoms with E-state index in [4.69, 9.17) is 0 Å². The number of rotatable bonds is 0. The summed E-state index contributed by atoms with van der Waals surface area (Å²) in [5.41, 5.74) is 3.92. The SMILES string of the molecule is Cc1ccccc1.Cn1c2ccccc2c2ccccc21. The molecule has 0 bridgehead atoms. The molecule has 21 heavy (non-hydrogen) atoms. The first-order valence-electron chi connectivity index (χ1n) is 7.21. The van der Waals surface area contributed by atoms with Crippen LogP contribution in [0.3, 0.4) is 0 Å². The molecule has 0 radical (unpaired) electrons. The van der Waals surface area contributed by atoms with Crippen LogP contribution < -0.4 is 0 Å². The second kappa shape index (κ2) is 5.84. The first kappa shape index (κ1) is 13.4. The Morgan fingerprint density at radius 3 is 1.43 bits per heavy atom. The van der Waals surface area contributed by atoms with Crippen molar-refractivity contribution < 1.29 is 0 Å². The summed E-state index contributed by atoms with van der Waals surface area (Å²) in [4.78, 5) is 0. The van der Waals surface area contributed by atoms with E-state index >= 15 is 0 Å². The predicted octanol–water partition coefficient (Wildman–Crippen LogP) is 5.33. The van der Waals surface area contributed by atoms with E-state index in [0.717, 1.165) is 0 Å². The van der Waals surface area contributed by atoms with Crippen LogP contribution in [0.25, 0.3) is 21.8 Å². The van der Waals surface area contributed by atoms with E-state index in [1.165, 1.54) is 27.4 Å². The largest absolute Gasteiger partial charge is 0.344 e. The Hall–Kier alpha value is -2.54. The van der Waals surface area contributed by atoms with Gasteiger partial charge in [0.2, 0.25) is 0 Å². The highest BCUT2D eigenvalue weighted by Crippen LogP contribution is 2.26. The zero-order valence-corrected chi connectivity index (χ0v) is 12.5. The van der Waals surface area contributed by atoms with Crippen LogP contribution >= 0.6 is 0 Å². The van der Waals surface area contributed by atoms with Crippen molar-refractivity contribution >= 4 is 21.8 Å². The van der Waals surface area contributed by atoms with Gasteiger partial charge in [0.15, 0.2) is 0 Å². The van der Waals surface area contributed by atoms with Crippen molar-refractivity contribution in [3.63, 3.8) is 0 Å². The molecule has 0 aliphatic carbocycles. The molecule has 104 valence electrons. The Balaban J connectivity index is 0.000000160. The highest BCUT2D eigenvalue weighted by Gasteiger charge is 2.04. The molecule has 0 N–H and O–H groups in total. The molecule has 4 aromatic rings. The van der Waals surface area contributed by atoms with Crippen molar-refractivity contribution in [2.75, 3.05) is 0 Å². The van der Waals surface area contributed by atoms with E-state index in [9.17, 15) is 0 Å². The van der Waals surface area contributed by atoms with Crippen LogP contribution in [0.2, 0.25) is 0 Å². The minimum Gasteiger partial charge on any atom is -0.344 e. The molecule has 1 heteroatoms. The number of benzene rings is 3. The van der Waals surface area contributed by atoms with E-state index in [-0.39, 0.29) is 0 Å². The average Bonchev–Trinajstić information content (AvgIpc) is 2.83. The normalized spacial score (nSPS) is 10.4. The monoisotopic (exact) mass is 273 g/mol. The molecular formula is C20H19N. The fourth-order valence-corrected chi connectivity index (χ4v) is 2.65. The zero-order chi connectivity index (χ0) is 14.7. The summed E-state index contributed by atoms with van der Waals surface area (Å²) in [6.45, 7) is 2.08. The number of para-hydroxylation sites is 2. The van der Waals surface area contributed by atoms with E-state index in [0.29, 0.717) is 0 Å². The summed E-state index contributed by atoms with van der Waals surface area (Å²) in [6.07, 6.45) is 0. The highest BCUT2D eigenvalue weighted by atomic mass is 14.9. The molecule has 0 saturated heterocycles. The second-order valence-corrected chi connectivity index (χ2v) is 5.25. The standard InChI is InChI=1S/C13H11N.C7H8/c1-14-12-8-4-2-6-10(12)11-7-3-5-9-13(11)14;1-7-5-3-2-4-6-7/h2-9H,1H3;2-6H,1H3. The van der Waals surface area contributed by atoms with Crippen LogP contribution in [0.1, 0.15) is 5.56 Å². The molecule has 0 saturated carbocycles. The van der Waals surface area contributed by atoms with Crippen molar-refractivity contribution in [3.8, 4) is 0 Å². The second-order valence-electron chi connectivity index (χ2n) is 5.25. The fourth-order valence-electron chi connectivity index (χ4n) is 2.65. The van der Waals surface area contributed by atoms with Gasteiger partial charge in [-0.2, -0.15) is 0 Å². The molecule has 0 atom stereocenters. The zero-order valence-electron chi connectivity index (χ0n) is 12.5. The van der Waals surface area contributed by atoms with Gasteiger partial charge in [0, 0.05) is 28.9 Å². The Bertz CT molecular complexity index is 803. The summed E-state index contributed by atoms with van der Waals surface area (Å²) in [5, 5.41) is 2.68. The van der Waals surface area contributed by atoms with Crippen LogP contribution in [0.5, 0.6) is 0 Å². The van der Waals surface area contributed by atoms with Crippen molar-refractivity contribution in [2.24, 2.45) is 7.05 Å². The Morgan fingerprint density at radius 1 is 0.571 bits per heavy atom. The molecule has 0 aliphatic heterocycles. The van der Waals surface area contributed by atoms with E-state index < -0.39 is 0 Å². The number of hydrogen-bond acceptors (Lipinski definition) is 0. The summed E-state index contributed by atoms with van der Waals surface area (Å²) >= 11 is 0. The highest BCUT2D eigenvalue weighted by molar-refractivity contribution is 6.07. The summed E-state index contributed by atoms with van der Waals surface area (Å²) in [6, 6.07) is 27.3. The van der Waals surface area contributed by atoms with Gasteiger partial charge in [-0.25, -0.2) is 0 Å².